The van der Waals surface area contributed by atoms with E-state index in [1.165, 1.54) is 4.90 Å². The maximum Gasteiger partial charge on any atom is 0.325 e. The highest BCUT2D eigenvalue weighted by molar-refractivity contribution is 5.95. The Balaban J connectivity index is 1.99. The quantitative estimate of drug-likeness (QED) is 0.853. The molecule has 0 bridgehead atoms. The van der Waals surface area contributed by atoms with E-state index in [-0.39, 0.29) is 12.5 Å². The number of nitrogens with one attached hydrogen (secondary N) is 1. The fourth-order valence-electron chi connectivity index (χ4n) is 3.08. The molecule has 0 saturated carbocycles. The van der Waals surface area contributed by atoms with E-state index in [4.69, 9.17) is 4.74 Å². The predicted octanol–water partition coefficient (Wildman–Crippen LogP) is 1.88. The molecule has 2 aromatic carbocycles. The minimum absolute atomic E-state index is 0.0545. The average molecular weight is 324 g/mol. The number of nitrogens with zero attached hydrogens (tertiary/aromatic N) is 1. The number of ether oxygens (including phenoxy) is 1. The van der Waals surface area contributed by atoms with E-state index in [1.54, 1.807) is 6.92 Å². The summed E-state index contributed by atoms with van der Waals surface area (Å²) in [6.07, 6.45) is 0. The SMILES string of the molecule is CCOC(=O)CN1CNC(c2ccccc2)(c2ccccc2)C1=O. The van der Waals surface area contributed by atoms with Crippen molar-refractivity contribution in [1.82, 2.24) is 10.2 Å². The molecule has 124 valence electrons. The molecule has 1 aliphatic rings. The van der Waals surface area contributed by atoms with Gasteiger partial charge in [0.15, 0.2) is 5.54 Å². The highest BCUT2D eigenvalue weighted by atomic mass is 16.5. The summed E-state index contributed by atoms with van der Waals surface area (Å²) in [5.74, 6) is -0.544. The fourth-order valence-corrected chi connectivity index (χ4v) is 3.08. The molecule has 24 heavy (non-hydrogen) atoms. The zero-order chi connectivity index (χ0) is 17.0. The number of hydrogen-bond acceptors (Lipinski definition) is 4. The minimum Gasteiger partial charge on any atom is -0.465 e. The average Bonchev–Trinajstić information content (AvgIpc) is 2.94. The zero-order valence-corrected chi connectivity index (χ0v) is 13.6. The number of carbonyl (C=O) groups is 2. The van der Waals surface area contributed by atoms with Crippen molar-refractivity contribution < 1.29 is 14.3 Å². The number of rotatable bonds is 5. The monoisotopic (exact) mass is 324 g/mol. The van der Waals surface area contributed by atoms with Crippen molar-refractivity contribution in [2.45, 2.75) is 12.5 Å². The second-order valence-corrected chi connectivity index (χ2v) is 5.63. The van der Waals surface area contributed by atoms with Crippen LogP contribution in [0.5, 0.6) is 0 Å². The molecule has 1 fully saturated rings. The number of amides is 1. The first-order chi connectivity index (χ1) is 11.7. The van der Waals surface area contributed by atoms with Gasteiger partial charge in [-0.05, 0) is 18.1 Å². The topological polar surface area (TPSA) is 58.6 Å². The van der Waals surface area contributed by atoms with Crippen LogP contribution in [-0.4, -0.2) is 36.6 Å². The minimum atomic E-state index is -0.977. The summed E-state index contributed by atoms with van der Waals surface area (Å²) in [6.45, 7) is 2.29. The molecule has 3 rings (SSSR count). The van der Waals surface area contributed by atoms with Crippen LogP contribution in [-0.2, 0) is 19.9 Å². The van der Waals surface area contributed by atoms with Crippen LogP contribution in [0.4, 0.5) is 0 Å². The van der Waals surface area contributed by atoms with E-state index in [9.17, 15) is 9.59 Å². The van der Waals surface area contributed by atoms with Crippen LogP contribution in [0.1, 0.15) is 18.1 Å². The summed E-state index contributed by atoms with van der Waals surface area (Å²) >= 11 is 0. The number of hydrogen-bond donors (Lipinski definition) is 1. The van der Waals surface area contributed by atoms with Crippen molar-refractivity contribution in [3.05, 3.63) is 71.8 Å². The first-order valence-corrected chi connectivity index (χ1v) is 7.99. The maximum absolute atomic E-state index is 13.2. The Morgan fingerprint density at radius 2 is 1.62 bits per heavy atom. The van der Waals surface area contributed by atoms with Crippen LogP contribution >= 0.6 is 0 Å². The molecule has 1 saturated heterocycles. The summed E-state index contributed by atoms with van der Waals surface area (Å²) in [5, 5.41) is 3.32. The molecule has 0 aliphatic carbocycles. The highest BCUT2D eigenvalue weighted by Gasteiger charge is 2.49. The molecule has 1 amide bonds. The van der Waals surface area contributed by atoms with Crippen molar-refractivity contribution in [2.24, 2.45) is 0 Å². The molecule has 1 N–H and O–H groups in total. The molecule has 5 nitrogen and oxygen atoms in total. The standard InChI is InChI=1S/C19H20N2O3/c1-2-24-17(22)13-21-14-20-19(18(21)23,15-9-5-3-6-10-15)16-11-7-4-8-12-16/h3-12,20H,2,13-14H2,1H3. The fraction of sp³-hybridized carbons (Fsp3) is 0.263. The summed E-state index contributed by atoms with van der Waals surface area (Å²) in [5.41, 5.74) is 0.731. The third-order valence-corrected chi connectivity index (χ3v) is 4.18. The van der Waals surface area contributed by atoms with Crippen molar-refractivity contribution in [3.8, 4) is 0 Å². The van der Waals surface area contributed by atoms with Crippen LogP contribution in [0.25, 0.3) is 0 Å². The molecule has 1 aliphatic heterocycles. The Morgan fingerprint density at radius 3 is 2.12 bits per heavy atom. The van der Waals surface area contributed by atoms with E-state index < -0.39 is 11.5 Å². The van der Waals surface area contributed by atoms with E-state index in [2.05, 4.69) is 5.32 Å². The summed E-state index contributed by atoms with van der Waals surface area (Å²) in [7, 11) is 0. The van der Waals surface area contributed by atoms with Crippen LogP contribution in [0, 0.1) is 0 Å². The van der Waals surface area contributed by atoms with Gasteiger partial charge in [0.05, 0.1) is 13.3 Å². The highest BCUT2D eigenvalue weighted by Crippen LogP contribution is 2.35. The molecule has 0 atom stereocenters. The normalized spacial score (nSPS) is 16.2. The largest absolute Gasteiger partial charge is 0.465 e. The van der Waals surface area contributed by atoms with Crippen LogP contribution < -0.4 is 5.32 Å². The predicted molar refractivity (Wildman–Crippen MR) is 90.0 cm³/mol. The van der Waals surface area contributed by atoms with E-state index in [0.29, 0.717) is 13.3 Å². The first kappa shape index (κ1) is 16.2. The lowest BCUT2D eigenvalue weighted by molar-refractivity contribution is -0.148. The van der Waals surface area contributed by atoms with Crippen LogP contribution in [0.3, 0.4) is 0 Å². The lowest BCUT2D eigenvalue weighted by atomic mass is 9.82. The van der Waals surface area contributed by atoms with Gasteiger partial charge in [0.25, 0.3) is 5.91 Å². The molecule has 5 heteroatoms. The first-order valence-electron chi connectivity index (χ1n) is 7.99. The lowest BCUT2D eigenvalue weighted by Crippen LogP contribution is -2.45. The van der Waals surface area contributed by atoms with Gasteiger partial charge in [-0.1, -0.05) is 60.7 Å². The van der Waals surface area contributed by atoms with Gasteiger partial charge in [-0.25, -0.2) is 0 Å². The molecular weight excluding hydrogens is 304 g/mol. The second-order valence-electron chi connectivity index (χ2n) is 5.63. The van der Waals surface area contributed by atoms with Gasteiger partial charge in [0.2, 0.25) is 0 Å². The van der Waals surface area contributed by atoms with Gasteiger partial charge in [-0.3, -0.25) is 14.9 Å². The third-order valence-electron chi connectivity index (χ3n) is 4.18. The Morgan fingerprint density at radius 1 is 1.08 bits per heavy atom. The number of benzene rings is 2. The molecule has 0 aromatic heterocycles. The Kier molecular flexibility index (Phi) is 4.62. The summed E-state index contributed by atoms with van der Waals surface area (Å²) in [4.78, 5) is 26.5. The molecule has 2 aromatic rings. The van der Waals surface area contributed by atoms with Crippen LogP contribution in [0.15, 0.2) is 60.7 Å². The van der Waals surface area contributed by atoms with Crippen molar-refractivity contribution in [3.63, 3.8) is 0 Å². The number of carbonyl (C=O) groups excluding carboxylic acids is 2. The molecule has 0 radical (unpaired) electrons. The Hall–Kier alpha value is -2.66. The van der Waals surface area contributed by atoms with Gasteiger partial charge < -0.3 is 9.64 Å². The van der Waals surface area contributed by atoms with E-state index >= 15 is 0 Å². The van der Waals surface area contributed by atoms with Crippen molar-refractivity contribution in [1.29, 1.82) is 0 Å². The van der Waals surface area contributed by atoms with Gasteiger partial charge in [-0.2, -0.15) is 0 Å². The van der Waals surface area contributed by atoms with Gasteiger partial charge in [-0.15, -0.1) is 0 Å². The molecular formula is C19H20N2O3. The van der Waals surface area contributed by atoms with E-state index in [1.807, 2.05) is 60.7 Å². The van der Waals surface area contributed by atoms with E-state index in [0.717, 1.165) is 11.1 Å². The van der Waals surface area contributed by atoms with Crippen molar-refractivity contribution >= 4 is 11.9 Å². The summed E-state index contributed by atoms with van der Waals surface area (Å²) in [6, 6.07) is 19.1. The van der Waals surface area contributed by atoms with Crippen molar-refractivity contribution in [2.75, 3.05) is 19.8 Å². The second kappa shape index (κ2) is 6.84. The maximum atomic E-state index is 13.2. The number of esters is 1. The lowest BCUT2D eigenvalue weighted by Gasteiger charge is -2.28. The van der Waals surface area contributed by atoms with Gasteiger partial charge in [0.1, 0.15) is 6.54 Å². The Bertz CT molecular complexity index is 676. The molecule has 0 unspecified atom stereocenters. The Labute approximate surface area is 141 Å². The molecule has 0 spiro atoms. The zero-order valence-electron chi connectivity index (χ0n) is 13.6. The summed E-state index contributed by atoms with van der Waals surface area (Å²) < 4.78 is 4.97. The third kappa shape index (κ3) is 2.78. The van der Waals surface area contributed by atoms with Gasteiger partial charge >= 0.3 is 5.97 Å². The van der Waals surface area contributed by atoms with Crippen LogP contribution in [0.2, 0.25) is 0 Å². The molecule has 1 heterocycles. The van der Waals surface area contributed by atoms with Gasteiger partial charge in [0, 0.05) is 0 Å². The smallest absolute Gasteiger partial charge is 0.325 e.